The molecule has 0 aliphatic carbocycles. The quantitative estimate of drug-likeness (QED) is 0.214. The number of imidazole rings is 1. The van der Waals surface area contributed by atoms with Crippen molar-refractivity contribution in [1.29, 1.82) is 0 Å². The highest BCUT2D eigenvalue weighted by atomic mass is 35.5. The molecule has 176 valence electrons. The van der Waals surface area contributed by atoms with E-state index >= 15 is 0 Å². The van der Waals surface area contributed by atoms with Gasteiger partial charge in [-0.3, -0.25) is 0 Å². The van der Waals surface area contributed by atoms with Crippen molar-refractivity contribution in [1.82, 2.24) is 9.55 Å². The molecule has 0 aliphatic heterocycles. The van der Waals surface area contributed by atoms with Crippen LogP contribution in [0.3, 0.4) is 0 Å². The van der Waals surface area contributed by atoms with Crippen LogP contribution in [-0.2, 0) is 6.54 Å². The Kier molecular flexibility index (Phi) is 10.7. The van der Waals surface area contributed by atoms with Crippen molar-refractivity contribution in [3.05, 3.63) is 108 Å². The number of halogens is 1. The SMILES string of the molecule is C=C/C=C(\C=C/C)C(=C(/C)c1ccc(Cl)cc1)/C(C)(CC=C)CCC(CC)Cn1ccnc1. The Morgan fingerprint density at radius 2 is 1.97 bits per heavy atom. The van der Waals surface area contributed by atoms with Crippen LogP contribution in [0, 0.1) is 11.3 Å². The number of nitrogens with zero attached hydrogens (tertiary/aromatic N) is 2. The Labute approximate surface area is 206 Å². The fourth-order valence-electron chi connectivity index (χ4n) is 4.68. The van der Waals surface area contributed by atoms with Gasteiger partial charge >= 0.3 is 0 Å². The summed E-state index contributed by atoms with van der Waals surface area (Å²) in [4.78, 5) is 4.21. The summed E-state index contributed by atoms with van der Waals surface area (Å²) in [6.45, 7) is 18.1. The summed E-state index contributed by atoms with van der Waals surface area (Å²) in [5.74, 6) is 0.592. The van der Waals surface area contributed by atoms with Crippen LogP contribution in [0.4, 0.5) is 0 Å². The highest BCUT2D eigenvalue weighted by molar-refractivity contribution is 6.30. The first-order chi connectivity index (χ1) is 15.9. The molecule has 3 heteroatoms. The summed E-state index contributed by atoms with van der Waals surface area (Å²) in [5, 5.41) is 0.752. The minimum atomic E-state index is -0.0673. The van der Waals surface area contributed by atoms with Crippen molar-refractivity contribution in [2.24, 2.45) is 11.3 Å². The third-order valence-electron chi connectivity index (χ3n) is 6.49. The van der Waals surface area contributed by atoms with E-state index in [0.29, 0.717) is 5.92 Å². The van der Waals surface area contributed by atoms with Crippen molar-refractivity contribution in [2.45, 2.75) is 59.9 Å². The average molecular weight is 463 g/mol. The lowest BCUT2D eigenvalue weighted by Crippen LogP contribution is -2.23. The molecule has 0 saturated heterocycles. The minimum absolute atomic E-state index is 0.0673. The number of hydrogen-bond donors (Lipinski definition) is 0. The van der Waals surface area contributed by atoms with E-state index in [4.69, 9.17) is 11.6 Å². The Balaban J connectivity index is 2.53. The molecule has 2 aromatic rings. The predicted octanol–water partition coefficient (Wildman–Crippen LogP) is 9.09. The second-order valence-corrected chi connectivity index (χ2v) is 9.43. The summed E-state index contributed by atoms with van der Waals surface area (Å²) in [5.41, 5.74) is 4.94. The monoisotopic (exact) mass is 462 g/mol. The number of hydrogen-bond acceptors (Lipinski definition) is 1. The zero-order valence-electron chi connectivity index (χ0n) is 20.7. The van der Waals surface area contributed by atoms with Gasteiger partial charge in [0.25, 0.3) is 0 Å². The van der Waals surface area contributed by atoms with Crippen LogP contribution in [0.25, 0.3) is 5.57 Å². The maximum Gasteiger partial charge on any atom is 0.0945 e. The molecule has 2 unspecified atom stereocenters. The van der Waals surface area contributed by atoms with Gasteiger partial charge in [-0.05, 0) is 78.9 Å². The van der Waals surface area contributed by atoms with Crippen LogP contribution >= 0.6 is 11.6 Å². The molecule has 1 heterocycles. The smallest absolute Gasteiger partial charge is 0.0945 e. The van der Waals surface area contributed by atoms with Crippen molar-refractivity contribution >= 4 is 17.2 Å². The molecule has 2 atom stereocenters. The zero-order valence-corrected chi connectivity index (χ0v) is 21.5. The van der Waals surface area contributed by atoms with E-state index < -0.39 is 0 Å². The van der Waals surface area contributed by atoms with Gasteiger partial charge in [0, 0.05) is 24.0 Å². The van der Waals surface area contributed by atoms with Crippen LogP contribution < -0.4 is 0 Å². The first-order valence-corrected chi connectivity index (χ1v) is 12.3. The highest BCUT2D eigenvalue weighted by Crippen LogP contribution is 2.45. The summed E-state index contributed by atoms with van der Waals surface area (Å²) < 4.78 is 2.19. The van der Waals surface area contributed by atoms with Gasteiger partial charge in [-0.25, -0.2) is 4.98 Å². The van der Waals surface area contributed by atoms with E-state index in [1.54, 1.807) is 0 Å². The van der Waals surface area contributed by atoms with E-state index in [0.717, 1.165) is 37.3 Å². The van der Waals surface area contributed by atoms with Gasteiger partial charge in [0.05, 0.1) is 6.33 Å². The lowest BCUT2D eigenvalue weighted by molar-refractivity contribution is 0.299. The molecule has 1 aromatic carbocycles. The number of aromatic nitrogens is 2. The van der Waals surface area contributed by atoms with Crippen LogP contribution in [0.1, 0.15) is 58.9 Å². The second-order valence-electron chi connectivity index (χ2n) is 8.99. The number of rotatable bonds is 13. The summed E-state index contributed by atoms with van der Waals surface area (Å²) in [7, 11) is 0. The van der Waals surface area contributed by atoms with E-state index in [9.17, 15) is 0 Å². The highest BCUT2D eigenvalue weighted by Gasteiger charge is 2.32. The van der Waals surface area contributed by atoms with E-state index in [-0.39, 0.29) is 5.41 Å². The third kappa shape index (κ3) is 7.47. The number of allylic oxidation sites excluding steroid dienone is 8. The molecule has 0 spiro atoms. The Bertz CT molecular complexity index is 977. The Morgan fingerprint density at radius 1 is 1.24 bits per heavy atom. The van der Waals surface area contributed by atoms with Crippen LogP contribution in [0.5, 0.6) is 0 Å². The molecule has 0 saturated carbocycles. The molecular formula is C30H39ClN2. The normalized spacial score (nSPS) is 15.7. The van der Waals surface area contributed by atoms with Gasteiger partial charge in [0.1, 0.15) is 0 Å². The molecule has 0 amide bonds. The summed E-state index contributed by atoms with van der Waals surface area (Å²) in [6.07, 6.45) is 20.4. The third-order valence-corrected chi connectivity index (χ3v) is 6.74. The first-order valence-electron chi connectivity index (χ1n) is 11.9. The molecule has 1 aromatic heterocycles. The molecule has 33 heavy (non-hydrogen) atoms. The van der Waals surface area contributed by atoms with Crippen LogP contribution in [-0.4, -0.2) is 9.55 Å². The Hall–Kier alpha value is -2.58. The molecule has 0 fully saturated rings. The van der Waals surface area contributed by atoms with Gasteiger partial charge < -0.3 is 4.57 Å². The van der Waals surface area contributed by atoms with Gasteiger partial charge in [0.15, 0.2) is 0 Å². The molecule has 0 N–H and O–H groups in total. The first kappa shape index (κ1) is 26.7. The molecule has 2 nitrogen and oxygen atoms in total. The fraction of sp³-hybridized carbons (Fsp3) is 0.367. The molecule has 0 aliphatic rings. The van der Waals surface area contributed by atoms with Crippen LogP contribution in [0.15, 0.2) is 97.7 Å². The second kappa shape index (κ2) is 13.2. The maximum absolute atomic E-state index is 6.18. The largest absolute Gasteiger partial charge is 0.337 e. The summed E-state index contributed by atoms with van der Waals surface area (Å²) >= 11 is 6.18. The van der Waals surface area contributed by atoms with Crippen molar-refractivity contribution in [3.8, 4) is 0 Å². The topological polar surface area (TPSA) is 17.8 Å². The lowest BCUT2D eigenvalue weighted by Gasteiger charge is -2.36. The predicted molar refractivity (Wildman–Crippen MR) is 145 cm³/mol. The van der Waals surface area contributed by atoms with Crippen molar-refractivity contribution in [2.75, 3.05) is 0 Å². The zero-order chi connectivity index (χ0) is 24.3. The molecule has 2 rings (SSSR count). The van der Waals surface area contributed by atoms with E-state index in [1.807, 2.05) is 30.7 Å². The maximum atomic E-state index is 6.18. The molecular weight excluding hydrogens is 424 g/mol. The van der Waals surface area contributed by atoms with Gasteiger partial charge in [0.2, 0.25) is 0 Å². The average Bonchev–Trinajstić information content (AvgIpc) is 3.31. The van der Waals surface area contributed by atoms with Crippen molar-refractivity contribution < 1.29 is 0 Å². The van der Waals surface area contributed by atoms with Gasteiger partial charge in [-0.15, -0.1) is 6.58 Å². The van der Waals surface area contributed by atoms with Gasteiger partial charge in [-0.1, -0.05) is 81.0 Å². The number of benzene rings is 1. The molecule has 0 radical (unpaired) electrons. The lowest BCUT2D eigenvalue weighted by atomic mass is 9.68. The Morgan fingerprint density at radius 3 is 2.52 bits per heavy atom. The minimum Gasteiger partial charge on any atom is -0.337 e. The van der Waals surface area contributed by atoms with Crippen LogP contribution in [0.2, 0.25) is 5.02 Å². The standard InChI is InChI=1S/C30H39ClN2/c1-7-11-27(12-8-2)29(24(5)26-13-15-28(31)16-14-26)30(6,18-9-3)19-17-25(10-4)22-33-21-20-32-23-33/h7-9,11-16,20-21,23,25H,1,3,10,17-19,22H2,2,4-6H3/b12-8-,27-11+,29-24+. The van der Waals surface area contributed by atoms with E-state index in [1.165, 1.54) is 22.3 Å². The van der Waals surface area contributed by atoms with Crippen molar-refractivity contribution in [3.63, 3.8) is 0 Å². The molecule has 0 bridgehead atoms. The summed E-state index contributed by atoms with van der Waals surface area (Å²) in [6, 6.07) is 8.16. The van der Waals surface area contributed by atoms with Gasteiger partial charge in [-0.2, -0.15) is 0 Å². The fourth-order valence-corrected chi connectivity index (χ4v) is 4.80. The van der Waals surface area contributed by atoms with E-state index in [2.05, 4.69) is 93.0 Å².